The molecule has 5 rings (SSSR count). The minimum atomic E-state index is 0.0720. The number of fused-ring (bicyclic) bond motifs is 1. The molecule has 0 spiro atoms. The van der Waals surface area contributed by atoms with E-state index in [-0.39, 0.29) is 5.92 Å². The number of aromatic nitrogens is 2. The maximum Gasteiger partial charge on any atom is 0.140 e. The Labute approximate surface area is 195 Å². The van der Waals surface area contributed by atoms with E-state index in [2.05, 4.69) is 56.2 Å². The van der Waals surface area contributed by atoms with Crippen molar-refractivity contribution in [2.24, 2.45) is 5.92 Å². The average Bonchev–Trinajstić information content (AvgIpc) is 2.90. The van der Waals surface area contributed by atoms with E-state index in [4.69, 9.17) is 9.84 Å². The van der Waals surface area contributed by atoms with Gasteiger partial charge in [-0.3, -0.25) is 4.90 Å². The minimum Gasteiger partial charge on any atom is -0.400 e. The summed E-state index contributed by atoms with van der Waals surface area (Å²) in [5.41, 5.74) is 4.56. The number of anilines is 1. The maximum atomic E-state index is 11.4. The summed E-state index contributed by atoms with van der Waals surface area (Å²) in [4.78, 5) is 25.3. The van der Waals surface area contributed by atoms with Crippen molar-refractivity contribution in [3.05, 3.63) is 54.4 Å². The molecule has 1 aromatic heterocycles. The summed E-state index contributed by atoms with van der Waals surface area (Å²) in [6.07, 6.45) is 4.69. The van der Waals surface area contributed by atoms with Crippen LogP contribution in [0.4, 0.5) is 5.82 Å². The molecule has 2 fully saturated rings. The second-order valence-corrected chi connectivity index (χ2v) is 8.47. The molecule has 174 valence electrons. The normalized spacial score (nSPS) is 19.1. The van der Waals surface area contributed by atoms with Gasteiger partial charge >= 0.3 is 0 Å². The Balaban J connectivity index is 0.00000126. The van der Waals surface area contributed by atoms with Gasteiger partial charge in [0.2, 0.25) is 0 Å². The number of ether oxygens (including phenoxy) is 1. The third-order valence-electron chi connectivity index (χ3n) is 6.34. The van der Waals surface area contributed by atoms with Crippen LogP contribution in [-0.2, 0) is 16.1 Å². The quantitative estimate of drug-likeness (QED) is 0.601. The predicted molar refractivity (Wildman–Crippen MR) is 130 cm³/mol. The first-order valence-corrected chi connectivity index (χ1v) is 11.6. The molecule has 1 N–H and O–H groups in total. The monoisotopic (exact) mass is 448 g/mol. The molecule has 2 aliphatic rings. The minimum absolute atomic E-state index is 0.0720. The van der Waals surface area contributed by atoms with E-state index < -0.39 is 0 Å². The largest absolute Gasteiger partial charge is 0.400 e. The van der Waals surface area contributed by atoms with Crippen LogP contribution in [0.15, 0.2) is 48.8 Å². The van der Waals surface area contributed by atoms with E-state index in [0.29, 0.717) is 0 Å². The predicted octanol–water partition coefficient (Wildman–Crippen LogP) is 3.15. The van der Waals surface area contributed by atoms with Gasteiger partial charge in [-0.05, 0) is 41.7 Å². The highest BCUT2D eigenvalue weighted by Gasteiger charge is 2.23. The summed E-state index contributed by atoms with van der Waals surface area (Å²) in [6.45, 7) is 6.14. The van der Waals surface area contributed by atoms with Crippen molar-refractivity contribution in [3.8, 4) is 11.1 Å². The molecule has 0 saturated carbocycles. The van der Waals surface area contributed by atoms with Gasteiger partial charge in [0.25, 0.3) is 0 Å². The van der Waals surface area contributed by atoms with Crippen LogP contribution in [0.1, 0.15) is 18.4 Å². The topological polar surface area (TPSA) is 78.8 Å². The zero-order valence-electron chi connectivity index (χ0n) is 19.2. The van der Waals surface area contributed by atoms with Gasteiger partial charge in [-0.2, -0.15) is 0 Å². The molecule has 1 atom stereocenters. The molecule has 0 radical (unpaired) electrons. The lowest BCUT2D eigenvalue weighted by atomic mass is 9.96. The van der Waals surface area contributed by atoms with Crippen LogP contribution in [0.5, 0.6) is 0 Å². The highest BCUT2D eigenvalue weighted by molar-refractivity contribution is 6.02. The summed E-state index contributed by atoms with van der Waals surface area (Å²) in [5.74, 6) is 1.01. The second kappa shape index (κ2) is 11.3. The number of aldehydes is 1. The molecular formula is C26H32N4O3. The Hall–Kier alpha value is -2.87. The number of piperidine rings is 1. The smallest absolute Gasteiger partial charge is 0.140 e. The molecule has 3 aromatic rings. The number of aliphatic hydroxyl groups is 1. The van der Waals surface area contributed by atoms with Crippen molar-refractivity contribution < 1.29 is 14.6 Å². The third kappa shape index (κ3) is 5.38. The molecule has 7 nitrogen and oxygen atoms in total. The average molecular weight is 449 g/mol. The number of rotatable bonds is 5. The van der Waals surface area contributed by atoms with Crippen molar-refractivity contribution in [3.63, 3.8) is 0 Å². The van der Waals surface area contributed by atoms with E-state index in [1.807, 2.05) is 6.07 Å². The number of carbonyl (C=O) groups is 1. The number of carbonyl (C=O) groups excluding carboxylic acids is 1. The van der Waals surface area contributed by atoms with Gasteiger partial charge in [0, 0.05) is 45.8 Å². The first-order valence-electron chi connectivity index (χ1n) is 11.6. The van der Waals surface area contributed by atoms with Crippen LogP contribution in [0.3, 0.4) is 0 Å². The first-order chi connectivity index (χ1) is 16.3. The van der Waals surface area contributed by atoms with E-state index in [0.717, 1.165) is 94.5 Å². The summed E-state index contributed by atoms with van der Waals surface area (Å²) in [6, 6.07) is 15.0. The van der Waals surface area contributed by atoms with Gasteiger partial charge in [0.15, 0.2) is 0 Å². The highest BCUT2D eigenvalue weighted by atomic mass is 16.5. The molecule has 0 amide bonds. The molecule has 0 bridgehead atoms. The summed E-state index contributed by atoms with van der Waals surface area (Å²) in [7, 11) is 1.00. The van der Waals surface area contributed by atoms with Crippen molar-refractivity contribution in [2.45, 2.75) is 19.4 Å². The number of benzene rings is 2. The second-order valence-electron chi connectivity index (χ2n) is 8.47. The molecule has 33 heavy (non-hydrogen) atoms. The van der Waals surface area contributed by atoms with E-state index in [1.54, 1.807) is 6.33 Å². The molecule has 1 unspecified atom stereocenters. The van der Waals surface area contributed by atoms with Crippen LogP contribution >= 0.6 is 0 Å². The number of nitrogens with zero attached hydrogens (tertiary/aromatic N) is 4. The van der Waals surface area contributed by atoms with Gasteiger partial charge in [-0.15, -0.1) is 0 Å². The lowest BCUT2D eigenvalue weighted by Crippen LogP contribution is -2.36. The van der Waals surface area contributed by atoms with Crippen molar-refractivity contribution in [1.82, 2.24) is 14.9 Å². The molecular weight excluding hydrogens is 416 g/mol. The van der Waals surface area contributed by atoms with Gasteiger partial charge in [0.1, 0.15) is 18.4 Å². The summed E-state index contributed by atoms with van der Waals surface area (Å²) in [5, 5.41) is 8.07. The Kier molecular flexibility index (Phi) is 7.99. The molecule has 2 aromatic carbocycles. The molecule has 2 saturated heterocycles. The first kappa shape index (κ1) is 23.3. The maximum absolute atomic E-state index is 11.4. The van der Waals surface area contributed by atoms with Crippen LogP contribution < -0.4 is 4.90 Å². The molecule has 3 heterocycles. The fourth-order valence-electron chi connectivity index (χ4n) is 4.74. The molecule has 2 aliphatic heterocycles. The van der Waals surface area contributed by atoms with Crippen molar-refractivity contribution in [1.29, 1.82) is 0 Å². The number of morpholine rings is 1. The standard InChI is InChI=1S/C25H28N4O2.CH4O/c30-17-20-5-3-9-29(16-20)25-24-22(7-2-8-23(24)26-18-27-25)21-6-1-4-19(14-21)15-28-10-12-31-13-11-28;1-2/h1-2,4,6-8,14,17-18,20H,3,5,9-13,15-16H2;2H,1H3. The summed E-state index contributed by atoms with van der Waals surface area (Å²) >= 11 is 0. The fraction of sp³-hybridized carbons (Fsp3) is 0.423. The van der Waals surface area contributed by atoms with Gasteiger partial charge in [-0.1, -0.05) is 30.3 Å². The SMILES string of the molecule is CO.O=CC1CCCN(c2ncnc3cccc(-c4cccc(CN5CCOCC5)c4)c23)C1. The zero-order valence-corrected chi connectivity index (χ0v) is 19.2. The van der Waals surface area contributed by atoms with Crippen molar-refractivity contribution in [2.75, 3.05) is 51.4 Å². The van der Waals surface area contributed by atoms with Crippen LogP contribution in [-0.4, -0.2) is 72.8 Å². The van der Waals surface area contributed by atoms with Gasteiger partial charge in [0.05, 0.1) is 24.1 Å². The number of aliphatic hydroxyl groups excluding tert-OH is 1. The Morgan fingerprint density at radius 3 is 2.73 bits per heavy atom. The van der Waals surface area contributed by atoms with Crippen LogP contribution in [0.2, 0.25) is 0 Å². The van der Waals surface area contributed by atoms with E-state index in [1.165, 1.54) is 11.1 Å². The van der Waals surface area contributed by atoms with Crippen LogP contribution in [0, 0.1) is 5.92 Å². The van der Waals surface area contributed by atoms with Crippen LogP contribution in [0.25, 0.3) is 22.0 Å². The number of hydrogen-bond donors (Lipinski definition) is 1. The Morgan fingerprint density at radius 2 is 1.91 bits per heavy atom. The fourth-order valence-corrected chi connectivity index (χ4v) is 4.74. The van der Waals surface area contributed by atoms with E-state index in [9.17, 15) is 4.79 Å². The lowest BCUT2D eigenvalue weighted by Gasteiger charge is -2.32. The molecule has 7 heteroatoms. The Bertz CT molecular complexity index is 1060. The molecule has 0 aliphatic carbocycles. The Morgan fingerprint density at radius 1 is 1.09 bits per heavy atom. The number of hydrogen-bond acceptors (Lipinski definition) is 7. The lowest BCUT2D eigenvalue weighted by molar-refractivity contribution is -0.111. The van der Waals surface area contributed by atoms with Crippen molar-refractivity contribution >= 4 is 23.0 Å². The summed E-state index contributed by atoms with van der Waals surface area (Å²) < 4.78 is 5.48. The van der Waals surface area contributed by atoms with Gasteiger partial charge in [-0.25, -0.2) is 9.97 Å². The van der Waals surface area contributed by atoms with Gasteiger partial charge < -0.3 is 19.5 Å². The van der Waals surface area contributed by atoms with E-state index >= 15 is 0 Å². The third-order valence-corrected chi connectivity index (χ3v) is 6.34. The highest BCUT2D eigenvalue weighted by Crippen LogP contribution is 2.35. The zero-order chi connectivity index (χ0) is 23.0.